The van der Waals surface area contributed by atoms with Gasteiger partial charge in [0.2, 0.25) is 0 Å². The average molecular weight is 285 g/mol. The van der Waals surface area contributed by atoms with Gasteiger partial charge in [-0.3, -0.25) is 0 Å². The van der Waals surface area contributed by atoms with Crippen molar-refractivity contribution in [2.24, 2.45) is 0 Å². The molecular formula is C12H13ClN2O2S. The second kappa shape index (κ2) is 6.58. The van der Waals surface area contributed by atoms with Crippen LogP contribution in [0.15, 0.2) is 30.5 Å². The highest BCUT2D eigenvalue weighted by Crippen LogP contribution is 2.25. The molecule has 2 aromatic rings. The second-order valence-electron chi connectivity index (χ2n) is 3.48. The van der Waals surface area contributed by atoms with Crippen LogP contribution in [-0.2, 0) is 11.3 Å². The molecule has 1 N–H and O–H groups in total. The molecule has 0 saturated carbocycles. The molecule has 4 nitrogen and oxygen atoms in total. The smallest absolute Gasteiger partial charge is 0.188 e. The number of hydrogen-bond acceptors (Lipinski definition) is 5. The van der Waals surface area contributed by atoms with E-state index in [-0.39, 0.29) is 6.79 Å². The highest BCUT2D eigenvalue weighted by atomic mass is 35.5. The van der Waals surface area contributed by atoms with Crippen LogP contribution in [0.2, 0.25) is 4.47 Å². The minimum absolute atomic E-state index is 0.227. The van der Waals surface area contributed by atoms with Gasteiger partial charge in [-0.25, -0.2) is 4.98 Å². The highest BCUT2D eigenvalue weighted by Gasteiger charge is 2.04. The van der Waals surface area contributed by atoms with Gasteiger partial charge in [0, 0.05) is 18.2 Å². The number of para-hydroxylation sites is 2. The van der Waals surface area contributed by atoms with Crippen LogP contribution in [0.1, 0.15) is 4.88 Å². The maximum absolute atomic E-state index is 5.78. The van der Waals surface area contributed by atoms with Gasteiger partial charge in [-0.1, -0.05) is 23.7 Å². The number of benzene rings is 1. The first-order valence-electron chi connectivity index (χ1n) is 5.34. The molecule has 0 fully saturated rings. The quantitative estimate of drug-likeness (QED) is 0.826. The molecule has 0 radical (unpaired) electrons. The minimum Gasteiger partial charge on any atom is -0.465 e. The Labute approximate surface area is 115 Å². The lowest BCUT2D eigenvalue weighted by molar-refractivity contribution is 0.0516. The topological polar surface area (TPSA) is 43.4 Å². The molecule has 2 rings (SSSR count). The van der Waals surface area contributed by atoms with Crippen molar-refractivity contribution in [3.8, 4) is 5.75 Å². The van der Waals surface area contributed by atoms with E-state index in [1.807, 2.05) is 24.3 Å². The van der Waals surface area contributed by atoms with Crippen LogP contribution >= 0.6 is 22.9 Å². The molecule has 1 heterocycles. The van der Waals surface area contributed by atoms with E-state index >= 15 is 0 Å². The van der Waals surface area contributed by atoms with Crippen LogP contribution in [0.5, 0.6) is 5.75 Å². The molecule has 96 valence electrons. The number of anilines is 1. The Kier molecular flexibility index (Phi) is 4.81. The van der Waals surface area contributed by atoms with E-state index in [1.165, 1.54) is 11.3 Å². The fourth-order valence-corrected chi connectivity index (χ4v) is 2.33. The highest BCUT2D eigenvalue weighted by molar-refractivity contribution is 7.15. The third kappa shape index (κ3) is 3.60. The van der Waals surface area contributed by atoms with Gasteiger partial charge in [0.15, 0.2) is 11.3 Å². The third-order valence-electron chi connectivity index (χ3n) is 2.20. The normalized spacial score (nSPS) is 10.3. The lowest BCUT2D eigenvalue weighted by atomic mass is 10.3. The first-order chi connectivity index (χ1) is 8.79. The molecule has 18 heavy (non-hydrogen) atoms. The zero-order valence-corrected chi connectivity index (χ0v) is 11.4. The lowest BCUT2D eigenvalue weighted by Gasteiger charge is -2.11. The lowest BCUT2D eigenvalue weighted by Crippen LogP contribution is -2.04. The van der Waals surface area contributed by atoms with Gasteiger partial charge < -0.3 is 14.8 Å². The summed E-state index contributed by atoms with van der Waals surface area (Å²) in [6, 6.07) is 7.70. The van der Waals surface area contributed by atoms with Crippen molar-refractivity contribution >= 4 is 28.6 Å². The maximum Gasteiger partial charge on any atom is 0.188 e. The Morgan fingerprint density at radius 3 is 2.94 bits per heavy atom. The molecule has 0 aliphatic rings. The van der Waals surface area contributed by atoms with Gasteiger partial charge in [-0.2, -0.15) is 0 Å². The largest absolute Gasteiger partial charge is 0.465 e. The van der Waals surface area contributed by atoms with Crippen LogP contribution in [-0.4, -0.2) is 18.9 Å². The Hall–Kier alpha value is -1.30. The number of rotatable bonds is 6. The summed E-state index contributed by atoms with van der Waals surface area (Å²) in [5.74, 6) is 0.759. The van der Waals surface area contributed by atoms with E-state index in [0.29, 0.717) is 11.0 Å². The summed E-state index contributed by atoms with van der Waals surface area (Å²) in [5.41, 5.74) is 0.916. The van der Waals surface area contributed by atoms with Crippen LogP contribution in [0.4, 0.5) is 5.69 Å². The summed E-state index contributed by atoms with van der Waals surface area (Å²) >= 11 is 7.24. The van der Waals surface area contributed by atoms with Crippen molar-refractivity contribution in [1.82, 2.24) is 4.98 Å². The van der Waals surface area contributed by atoms with Gasteiger partial charge in [0.25, 0.3) is 0 Å². The van der Waals surface area contributed by atoms with E-state index in [4.69, 9.17) is 21.1 Å². The van der Waals surface area contributed by atoms with E-state index in [0.717, 1.165) is 16.3 Å². The zero-order valence-electron chi connectivity index (χ0n) is 9.85. The van der Waals surface area contributed by atoms with Crippen molar-refractivity contribution in [3.63, 3.8) is 0 Å². The molecule has 0 aliphatic heterocycles. The van der Waals surface area contributed by atoms with Crippen molar-refractivity contribution in [3.05, 3.63) is 39.8 Å². The van der Waals surface area contributed by atoms with Crippen LogP contribution in [0, 0.1) is 0 Å². The van der Waals surface area contributed by atoms with Crippen LogP contribution in [0.25, 0.3) is 0 Å². The van der Waals surface area contributed by atoms with Crippen LogP contribution < -0.4 is 10.1 Å². The number of thiazole rings is 1. The minimum atomic E-state index is 0.227. The summed E-state index contributed by atoms with van der Waals surface area (Å²) in [6.45, 7) is 0.892. The molecule has 0 amide bonds. The van der Waals surface area contributed by atoms with E-state index in [9.17, 15) is 0 Å². The summed E-state index contributed by atoms with van der Waals surface area (Å²) in [5, 5.41) is 3.28. The molecule has 0 spiro atoms. The summed E-state index contributed by atoms with van der Waals surface area (Å²) in [4.78, 5) is 5.06. The predicted octanol–water partition coefficient (Wildman–Crippen LogP) is 3.39. The Morgan fingerprint density at radius 1 is 1.39 bits per heavy atom. The van der Waals surface area contributed by atoms with Crippen molar-refractivity contribution in [1.29, 1.82) is 0 Å². The number of hydrogen-bond donors (Lipinski definition) is 1. The number of nitrogens with zero attached hydrogens (tertiary/aromatic N) is 1. The van der Waals surface area contributed by atoms with Crippen LogP contribution in [0.3, 0.4) is 0 Å². The number of ether oxygens (including phenoxy) is 2. The van der Waals surface area contributed by atoms with Crippen molar-refractivity contribution in [2.45, 2.75) is 6.54 Å². The first kappa shape index (κ1) is 13.1. The van der Waals surface area contributed by atoms with Gasteiger partial charge in [-0.15, -0.1) is 11.3 Å². The molecular weight excluding hydrogens is 272 g/mol. The average Bonchev–Trinajstić information content (AvgIpc) is 2.81. The molecule has 1 aromatic carbocycles. The molecule has 1 aromatic heterocycles. The Bertz CT molecular complexity index is 504. The maximum atomic E-state index is 5.78. The molecule has 0 atom stereocenters. The fourth-order valence-electron chi connectivity index (χ4n) is 1.41. The SMILES string of the molecule is COCOc1ccccc1NCc1cnc(Cl)s1. The van der Waals surface area contributed by atoms with Gasteiger partial charge in [0.1, 0.15) is 5.75 Å². The van der Waals surface area contributed by atoms with Gasteiger partial charge in [-0.05, 0) is 12.1 Å². The first-order valence-corrected chi connectivity index (χ1v) is 6.54. The van der Waals surface area contributed by atoms with E-state index in [2.05, 4.69) is 10.3 Å². The summed E-state index contributed by atoms with van der Waals surface area (Å²) in [6.07, 6.45) is 1.76. The Morgan fingerprint density at radius 2 is 2.22 bits per heavy atom. The standard InChI is InChI=1S/C12H13ClN2O2S/c1-16-8-17-11-5-3-2-4-10(11)14-6-9-7-15-12(13)18-9/h2-5,7,14H,6,8H2,1H3. The van der Waals surface area contributed by atoms with Gasteiger partial charge >= 0.3 is 0 Å². The second-order valence-corrected chi connectivity index (χ2v) is 5.18. The summed E-state index contributed by atoms with van der Waals surface area (Å²) < 4.78 is 10.9. The number of aromatic nitrogens is 1. The molecule has 0 bridgehead atoms. The monoisotopic (exact) mass is 284 g/mol. The number of nitrogens with one attached hydrogen (secondary N) is 1. The third-order valence-corrected chi connectivity index (χ3v) is 3.31. The number of halogens is 1. The zero-order chi connectivity index (χ0) is 12.8. The summed E-state index contributed by atoms with van der Waals surface area (Å²) in [7, 11) is 1.59. The molecule has 0 aliphatic carbocycles. The molecule has 6 heteroatoms. The predicted molar refractivity (Wildman–Crippen MR) is 73.4 cm³/mol. The number of methoxy groups -OCH3 is 1. The van der Waals surface area contributed by atoms with E-state index in [1.54, 1.807) is 13.3 Å². The Balaban J connectivity index is 1.99. The molecule has 0 saturated heterocycles. The fraction of sp³-hybridized carbons (Fsp3) is 0.250. The van der Waals surface area contributed by atoms with Crippen molar-refractivity contribution in [2.75, 3.05) is 19.2 Å². The van der Waals surface area contributed by atoms with Gasteiger partial charge in [0.05, 0.1) is 12.2 Å². The molecule has 0 unspecified atom stereocenters. The van der Waals surface area contributed by atoms with E-state index < -0.39 is 0 Å². The van der Waals surface area contributed by atoms with Crippen molar-refractivity contribution < 1.29 is 9.47 Å².